The van der Waals surface area contributed by atoms with Crippen molar-refractivity contribution in [1.29, 1.82) is 0 Å². The number of nitrogens with zero attached hydrogens (tertiary/aromatic N) is 2. The van der Waals surface area contributed by atoms with E-state index >= 15 is 0 Å². The predicted molar refractivity (Wildman–Crippen MR) is 84.9 cm³/mol. The van der Waals surface area contributed by atoms with E-state index in [1.807, 2.05) is 12.4 Å². The van der Waals surface area contributed by atoms with Gasteiger partial charge in [-0.3, -0.25) is 4.98 Å². The highest BCUT2D eigenvalue weighted by atomic mass is 15.2. The summed E-state index contributed by atoms with van der Waals surface area (Å²) in [4.78, 5) is 6.65. The maximum Gasteiger partial charge on any atom is 0.0270 e. The molecule has 0 spiro atoms. The zero-order valence-corrected chi connectivity index (χ0v) is 13.0. The standard InChI is InChI=1S/C17H29N3/c1-18-16-7-5-3-4-6-8-17(16)20(2)14-11-15-9-12-19-13-10-15/h9-10,12-13,16-18H,3-8,11,14H2,1-2H3. The molecule has 0 bridgehead atoms. The summed E-state index contributed by atoms with van der Waals surface area (Å²) in [6.07, 6.45) is 13.1. The molecular formula is C17H29N3. The normalized spacial score (nSPS) is 24.4. The minimum Gasteiger partial charge on any atom is -0.315 e. The molecule has 1 aliphatic rings. The fourth-order valence-corrected chi connectivity index (χ4v) is 3.35. The van der Waals surface area contributed by atoms with E-state index in [1.165, 1.54) is 44.1 Å². The lowest BCUT2D eigenvalue weighted by molar-refractivity contribution is 0.168. The molecule has 3 heteroatoms. The number of likely N-dealkylation sites (N-methyl/N-ethyl adjacent to an activating group) is 2. The number of hydrogen-bond acceptors (Lipinski definition) is 3. The van der Waals surface area contributed by atoms with Gasteiger partial charge in [0.1, 0.15) is 0 Å². The van der Waals surface area contributed by atoms with Crippen LogP contribution >= 0.6 is 0 Å². The van der Waals surface area contributed by atoms with Gasteiger partial charge in [0.15, 0.2) is 0 Å². The maximum atomic E-state index is 4.09. The van der Waals surface area contributed by atoms with Crippen LogP contribution in [0.1, 0.15) is 44.1 Å². The van der Waals surface area contributed by atoms with Crippen molar-refractivity contribution in [3.8, 4) is 0 Å². The Labute approximate surface area is 123 Å². The molecule has 2 rings (SSSR count). The molecule has 0 aliphatic heterocycles. The summed E-state index contributed by atoms with van der Waals surface area (Å²) in [6.45, 7) is 1.13. The van der Waals surface area contributed by atoms with Crippen LogP contribution in [0, 0.1) is 0 Å². The molecule has 1 heterocycles. The molecule has 112 valence electrons. The van der Waals surface area contributed by atoms with Crippen molar-refractivity contribution in [3.63, 3.8) is 0 Å². The van der Waals surface area contributed by atoms with Gasteiger partial charge in [0, 0.05) is 31.0 Å². The van der Waals surface area contributed by atoms with Gasteiger partial charge in [-0.1, -0.05) is 25.7 Å². The van der Waals surface area contributed by atoms with E-state index < -0.39 is 0 Å². The van der Waals surface area contributed by atoms with Gasteiger partial charge < -0.3 is 10.2 Å². The van der Waals surface area contributed by atoms with Crippen LogP contribution in [0.3, 0.4) is 0 Å². The number of aromatic nitrogens is 1. The lowest BCUT2D eigenvalue weighted by Gasteiger charge is -2.36. The zero-order chi connectivity index (χ0) is 14.2. The minimum absolute atomic E-state index is 0.651. The van der Waals surface area contributed by atoms with E-state index in [4.69, 9.17) is 0 Å². The Kier molecular flexibility index (Phi) is 6.48. The third-order valence-electron chi connectivity index (χ3n) is 4.67. The molecule has 2 atom stereocenters. The van der Waals surface area contributed by atoms with E-state index in [0.29, 0.717) is 12.1 Å². The Balaban J connectivity index is 1.89. The molecule has 20 heavy (non-hydrogen) atoms. The van der Waals surface area contributed by atoms with E-state index in [9.17, 15) is 0 Å². The van der Waals surface area contributed by atoms with E-state index in [1.54, 1.807) is 0 Å². The smallest absolute Gasteiger partial charge is 0.0270 e. The largest absolute Gasteiger partial charge is 0.315 e. The van der Waals surface area contributed by atoms with Gasteiger partial charge in [-0.15, -0.1) is 0 Å². The van der Waals surface area contributed by atoms with Gasteiger partial charge in [0.05, 0.1) is 0 Å². The second kappa shape index (κ2) is 8.38. The Morgan fingerprint density at radius 2 is 1.85 bits per heavy atom. The quantitative estimate of drug-likeness (QED) is 0.895. The van der Waals surface area contributed by atoms with Gasteiger partial charge in [0.2, 0.25) is 0 Å². The van der Waals surface area contributed by atoms with E-state index in [-0.39, 0.29) is 0 Å². The number of hydrogen-bond donors (Lipinski definition) is 1. The Morgan fingerprint density at radius 1 is 1.15 bits per heavy atom. The highest BCUT2D eigenvalue weighted by Crippen LogP contribution is 2.21. The molecule has 1 fully saturated rings. The third kappa shape index (κ3) is 4.57. The number of rotatable bonds is 5. The van der Waals surface area contributed by atoms with Crippen LogP contribution in [0.5, 0.6) is 0 Å². The average molecular weight is 275 g/mol. The van der Waals surface area contributed by atoms with Crippen LogP contribution in [0.2, 0.25) is 0 Å². The monoisotopic (exact) mass is 275 g/mol. The molecule has 0 amide bonds. The van der Waals surface area contributed by atoms with Crippen LogP contribution < -0.4 is 5.32 Å². The Bertz CT molecular complexity index is 366. The molecule has 1 aliphatic carbocycles. The molecular weight excluding hydrogens is 246 g/mol. The van der Waals surface area contributed by atoms with Crippen molar-refractivity contribution in [2.75, 3.05) is 20.6 Å². The third-order valence-corrected chi connectivity index (χ3v) is 4.67. The van der Waals surface area contributed by atoms with Crippen molar-refractivity contribution >= 4 is 0 Å². The van der Waals surface area contributed by atoms with Gasteiger partial charge in [-0.25, -0.2) is 0 Å². The summed E-state index contributed by atoms with van der Waals surface area (Å²) < 4.78 is 0. The van der Waals surface area contributed by atoms with Crippen molar-refractivity contribution in [1.82, 2.24) is 15.2 Å². The first-order valence-electron chi connectivity index (χ1n) is 8.07. The van der Waals surface area contributed by atoms with Crippen molar-refractivity contribution in [3.05, 3.63) is 30.1 Å². The maximum absolute atomic E-state index is 4.09. The second-order valence-corrected chi connectivity index (χ2v) is 6.04. The molecule has 1 aromatic heterocycles. The first-order valence-corrected chi connectivity index (χ1v) is 8.07. The SMILES string of the molecule is CNC1CCCCCCC1N(C)CCc1ccncc1. The highest BCUT2D eigenvalue weighted by molar-refractivity contribution is 5.10. The molecule has 0 aromatic carbocycles. The van der Waals surface area contributed by atoms with Crippen molar-refractivity contribution in [2.24, 2.45) is 0 Å². The lowest BCUT2D eigenvalue weighted by atomic mass is 9.91. The van der Waals surface area contributed by atoms with Crippen molar-refractivity contribution < 1.29 is 0 Å². The van der Waals surface area contributed by atoms with Gasteiger partial charge in [-0.05, 0) is 51.1 Å². The molecule has 3 nitrogen and oxygen atoms in total. The zero-order valence-electron chi connectivity index (χ0n) is 13.0. The summed E-state index contributed by atoms with van der Waals surface area (Å²) in [5, 5.41) is 3.55. The summed E-state index contributed by atoms with van der Waals surface area (Å²) >= 11 is 0. The minimum atomic E-state index is 0.651. The van der Waals surface area contributed by atoms with Crippen LogP contribution in [0.15, 0.2) is 24.5 Å². The summed E-state index contributed by atoms with van der Waals surface area (Å²) in [7, 11) is 4.41. The molecule has 2 unspecified atom stereocenters. The number of nitrogens with one attached hydrogen (secondary N) is 1. The molecule has 1 N–H and O–H groups in total. The van der Waals surface area contributed by atoms with Crippen LogP contribution in [-0.2, 0) is 6.42 Å². The first-order chi connectivity index (χ1) is 9.81. The lowest BCUT2D eigenvalue weighted by Crippen LogP contribution is -2.48. The van der Waals surface area contributed by atoms with E-state index in [0.717, 1.165) is 13.0 Å². The van der Waals surface area contributed by atoms with Crippen molar-refractivity contribution in [2.45, 2.75) is 57.0 Å². The fraction of sp³-hybridized carbons (Fsp3) is 0.706. The Hall–Kier alpha value is -0.930. The van der Waals surface area contributed by atoms with Crippen LogP contribution in [0.4, 0.5) is 0 Å². The summed E-state index contributed by atoms with van der Waals surface area (Å²) in [5.74, 6) is 0. The van der Waals surface area contributed by atoms with Gasteiger partial charge >= 0.3 is 0 Å². The fourth-order valence-electron chi connectivity index (χ4n) is 3.35. The number of pyridine rings is 1. The highest BCUT2D eigenvalue weighted by Gasteiger charge is 2.24. The van der Waals surface area contributed by atoms with Crippen LogP contribution in [-0.4, -0.2) is 42.6 Å². The molecule has 1 aromatic rings. The summed E-state index contributed by atoms with van der Waals surface area (Å²) in [6, 6.07) is 5.59. The first kappa shape index (κ1) is 15.5. The topological polar surface area (TPSA) is 28.2 Å². The molecule has 0 saturated heterocycles. The van der Waals surface area contributed by atoms with Crippen LogP contribution in [0.25, 0.3) is 0 Å². The molecule has 1 saturated carbocycles. The Morgan fingerprint density at radius 3 is 2.55 bits per heavy atom. The average Bonchev–Trinajstić information content (AvgIpc) is 2.46. The van der Waals surface area contributed by atoms with Gasteiger partial charge in [-0.2, -0.15) is 0 Å². The summed E-state index contributed by atoms with van der Waals surface area (Å²) in [5.41, 5.74) is 1.39. The molecule has 0 radical (unpaired) electrons. The van der Waals surface area contributed by atoms with E-state index in [2.05, 4.69) is 41.4 Å². The predicted octanol–water partition coefficient (Wildman–Crippen LogP) is 2.87. The van der Waals surface area contributed by atoms with Gasteiger partial charge in [0.25, 0.3) is 0 Å². The second-order valence-electron chi connectivity index (χ2n) is 6.04.